The van der Waals surface area contributed by atoms with Gasteiger partial charge >= 0.3 is 5.97 Å². The van der Waals surface area contributed by atoms with E-state index in [4.69, 9.17) is 53.1 Å². The Morgan fingerprint density at radius 3 is 2.41 bits per heavy atom. The number of aliphatic hydroxyl groups is 2. The summed E-state index contributed by atoms with van der Waals surface area (Å²) in [6, 6.07) is 0. The van der Waals surface area contributed by atoms with Crippen molar-refractivity contribution < 1.29 is 62.4 Å². The molecule has 0 aromatic carbocycles. The Labute approximate surface area is 374 Å². The molecule has 0 aromatic rings. The first-order valence-corrected chi connectivity index (χ1v) is 23.3. The van der Waals surface area contributed by atoms with Crippen molar-refractivity contribution in [1.29, 1.82) is 0 Å². The first-order valence-electron chi connectivity index (χ1n) is 23.3. The number of esters is 1. The average molecular weight is 886 g/mol. The maximum Gasteiger partial charge on any atom is 0.316 e. The second-order valence-electron chi connectivity index (χ2n) is 19.7. The Morgan fingerprint density at radius 2 is 1.70 bits per heavy atom. The monoisotopic (exact) mass is 886 g/mol. The average Bonchev–Trinajstić information content (AvgIpc) is 3.58. The molecule has 354 valence electrons. The van der Waals surface area contributed by atoms with Gasteiger partial charge in [-0.05, 0) is 69.8 Å². The highest BCUT2D eigenvalue weighted by molar-refractivity contribution is 5.78. The molecule has 1 spiro atoms. The summed E-state index contributed by atoms with van der Waals surface area (Å²) in [6.45, 7) is 18.2. The van der Waals surface area contributed by atoms with E-state index < -0.39 is 78.0 Å². The summed E-state index contributed by atoms with van der Waals surface area (Å²) in [5.74, 6) is -2.54. The molecule has 4 N–H and O–H groups in total. The number of nitrogens with two attached hydrogens (primary N) is 1. The Kier molecular flexibility index (Phi) is 15.0. The number of rotatable bonds is 8. The highest BCUT2D eigenvalue weighted by atomic mass is 16.7. The molecular formula is C49H75NO13. The predicted molar refractivity (Wildman–Crippen MR) is 234 cm³/mol. The number of carbonyl (C=O) groups excluding carboxylic acids is 1. The Morgan fingerprint density at radius 1 is 0.952 bits per heavy atom. The number of hydrogen-bond acceptors (Lipinski definition) is 14. The molecule has 14 heteroatoms. The number of methoxy groups -OCH3 is 2. The van der Waals surface area contributed by atoms with Crippen LogP contribution in [-0.2, 0) is 52.2 Å². The van der Waals surface area contributed by atoms with Crippen molar-refractivity contribution in [3.63, 3.8) is 0 Å². The van der Waals surface area contributed by atoms with Crippen LogP contribution in [0.3, 0.4) is 0 Å². The van der Waals surface area contributed by atoms with Gasteiger partial charge in [-0.1, -0.05) is 70.6 Å². The molecule has 4 fully saturated rings. The first-order chi connectivity index (χ1) is 29.8. The molecule has 0 aromatic heterocycles. The van der Waals surface area contributed by atoms with Gasteiger partial charge in [0, 0.05) is 51.7 Å². The van der Waals surface area contributed by atoms with Crippen LogP contribution >= 0.6 is 0 Å². The van der Waals surface area contributed by atoms with Crippen LogP contribution in [0.1, 0.15) is 101 Å². The van der Waals surface area contributed by atoms with Gasteiger partial charge in [0.15, 0.2) is 18.4 Å². The lowest BCUT2D eigenvalue weighted by atomic mass is 9.71. The molecule has 14 nitrogen and oxygen atoms in total. The SMILES string of the molecule is CCC(C)C1OC2(C=C[C@@H]1C)CC1CC(C/C=C(\C)[C@@H](O[C@H]3CC(OC)[C@@H](O[C@H]4CC(OC)C(C)(N)C(C)O4)C(C)O3)[C@@H](C)/C=C/C=C3\COC4C(O)C(C)=C[C@@H](C(=O)O1)[C@]34O)O2. The molecule has 6 heterocycles. The van der Waals surface area contributed by atoms with E-state index >= 15 is 0 Å². The highest BCUT2D eigenvalue weighted by Crippen LogP contribution is 2.47. The quantitative estimate of drug-likeness (QED) is 0.199. The van der Waals surface area contributed by atoms with Gasteiger partial charge in [0.2, 0.25) is 0 Å². The topological polar surface area (TPSA) is 176 Å². The number of aliphatic hydroxyl groups excluding tert-OH is 1. The lowest BCUT2D eigenvalue weighted by Crippen LogP contribution is -2.63. The van der Waals surface area contributed by atoms with Crippen molar-refractivity contribution in [3.05, 3.63) is 59.3 Å². The van der Waals surface area contributed by atoms with Crippen molar-refractivity contribution in [2.75, 3.05) is 20.8 Å². The fourth-order valence-corrected chi connectivity index (χ4v) is 10.8. The van der Waals surface area contributed by atoms with E-state index in [1.54, 1.807) is 33.3 Å². The van der Waals surface area contributed by atoms with Crippen LogP contribution in [0.25, 0.3) is 0 Å². The minimum absolute atomic E-state index is 0.0366. The van der Waals surface area contributed by atoms with Gasteiger partial charge in [-0.2, -0.15) is 0 Å². The predicted octanol–water partition coefficient (Wildman–Crippen LogP) is 5.73. The number of allylic oxidation sites excluding steroid dienone is 2. The molecule has 6 aliphatic heterocycles. The lowest BCUT2D eigenvalue weighted by Gasteiger charge is -2.48. The molecule has 4 saturated heterocycles. The largest absolute Gasteiger partial charge is 0.462 e. The normalized spacial score (nSPS) is 49.7. The van der Waals surface area contributed by atoms with E-state index in [1.165, 1.54) is 0 Å². The van der Waals surface area contributed by atoms with Gasteiger partial charge < -0.3 is 63.3 Å². The Hall–Kier alpha value is -2.31. The lowest BCUT2D eigenvalue weighted by molar-refractivity contribution is -0.315. The van der Waals surface area contributed by atoms with E-state index in [-0.39, 0.29) is 54.9 Å². The Balaban J connectivity index is 1.18. The van der Waals surface area contributed by atoms with Crippen LogP contribution in [0.4, 0.5) is 0 Å². The van der Waals surface area contributed by atoms with E-state index in [1.807, 2.05) is 39.0 Å². The number of carbonyl (C=O) groups is 1. The standard InChI is InChI=1S/C49H75NO13/c1-12-26(2)43-29(5)18-19-48(63-43)24-35-21-34(62-48)17-16-28(4)42(27(3)14-13-15-33-25-56-45-41(51)30(6)20-36(46(52)59-35)49(33,45)53)60-39-22-37(54-10)44(31(7)57-39)61-40-23-38(55-11)47(9,50)32(8)58-40/h13-16,18-20,26-27,29,31-32,34-45,51,53H,12,17,21-25,50H2,1-11H3/b14-13+,28-16+,33-15+/t26?,27-,29-,31?,32?,34?,35?,36-,37?,38?,39-,40-,41?,42-,43?,44-,45?,47?,48?,49+/m0/s1. The number of fused-ring (bicyclic) bond motifs is 2. The second-order valence-corrected chi connectivity index (χ2v) is 19.7. The minimum atomic E-state index is -1.83. The summed E-state index contributed by atoms with van der Waals surface area (Å²) in [7, 11) is 3.33. The van der Waals surface area contributed by atoms with Crippen LogP contribution in [0.2, 0.25) is 0 Å². The van der Waals surface area contributed by atoms with Crippen molar-refractivity contribution in [2.45, 2.75) is 197 Å². The third-order valence-corrected chi connectivity index (χ3v) is 15.2. The van der Waals surface area contributed by atoms with Gasteiger partial charge in [0.1, 0.15) is 35.9 Å². The summed E-state index contributed by atoms with van der Waals surface area (Å²) in [6.07, 6.45) is 10.0. The zero-order valence-corrected chi connectivity index (χ0v) is 39.3. The van der Waals surface area contributed by atoms with Gasteiger partial charge in [-0.25, -0.2) is 0 Å². The summed E-state index contributed by atoms with van der Waals surface area (Å²) in [4.78, 5) is 14.4. The maximum absolute atomic E-state index is 14.4. The molecule has 0 saturated carbocycles. The molecule has 0 radical (unpaired) electrons. The Bertz CT molecular complexity index is 1780. The van der Waals surface area contributed by atoms with Gasteiger partial charge in [0.05, 0.1) is 54.9 Å². The van der Waals surface area contributed by atoms with Crippen LogP contribution in [0.15, 0.2) is 59.3 Å². The van der Waals surface area contributed by atoms with Crippen molar-refractivity contribution in [3.8, 4) is 0 Å². The molecule has 7 aliphatic rings. The summed E-state index contributed by atoms with van der Waals surface area (Å²) >= 11 is 0. The molecule has 12 unspecified atom stereocenters. The van der Waals surface area contributed by atoms with Crippen LogP contribution in [0.5, 0.6) is 0 Å². The van der Waals surface area contributed by atoms with E-state index in [2.05, 4.69) is 46.8 Å². The van der Waals surface area contributed by atoms with Crippen LogP contribution in [-0.4, -0.2) is 134 Å². The second kappa shape index (κ2) is 19.5. The molecule has 1 aliphatic carbocycles. The molecule has 2 bridgehead atoms. The summed E-state index contributed by atoms with van der Waals surface area (Å²) < 4.78 is 64.4. The van der Waals surface area contributed by atoms with Crippen molar-refractivity contribution >= 4 is 5.97 Å². The zero-order chi connectivity index (χ0) is 45.6. The summed E-state index contributed by atoms with van der Waals surface area (Å²) in [5, 5.41) is 23.7. The number of ether oxygens (including phenoxy) is 10. The molecular weight excluding hydrogens is 811 g/mol. The minimum Gasteiger partial charge on any atom is -0.462 e. The molecule has 0 amide bonds. The first kappa shape index (κ1) is 48.6. The van der Waals surface area contributed by atoms with Gasteiger partial charge in [0.25, 0.3) is 0 Å². The number of hydrogen-bond donors (Lipinski definition) is 3. The highest BCUT2D eigenvalue weighted by Gasteiger charge is 2.60. The van der Waals surface area contributed by atoms with Crippen LogP contribution in [0, 0.1) is 23.7 Å². The molecule has 20 atom stereocenters. The fourth-order valence-electron chi connectivity index (χ4n) is 10.8. The maximum atomic E-state index is 14.4. The van der Waals surface area contributed by atoms with E-state index in [9.17, 15) is 15.0 Å². The van der Waals surface area contributed by atoms with Crippen LogP contribution < -0.4 is 5.73 Å². The van der Waals surface area contributed by atoms with Crippen molar-refractivity contribution in [2.24, 2.45) is 29.4 Å². The molecule has 63 heavy (non-hydrogen) atoms. The molecule has 7 rings (SSSR count). The van der Waals surface area contributed by atoms with Gasteiger partial charge in [-0.3, -0.25) is 4.79 Å². The summed E-state index contributed by atoms with van der Waals surface area (Å²) in [5.41, 5.74) is 6.05. The van der Waals surface area contributed by atoms with E-state index in [0.29, 0.717) is 43.3 Å². The third kappa shape index (κ3) is 9.76. The smallest absolute Gasteiger partial charge is 0.316 e. The zero-order valence-electron chi connectivity index (χ0n) is 39.3. The fraction of sp³-hybridized carbons (Fsp3) is 0.776. The van der Waals surface area contributed by atoms with Crippen molar-refractivity contribution in [1.82, 2.24) is 0 Å². The van der Waals surface area contributed by atoms with E-state index in [0.717, 1.165) is 12.0 Å². The third-order valence-electron chi connectivity index (χ3n) is 15.2. The van der Waals surface area contributed by atoms with Gasteiger partial charge in [-0.15, -0.1) is 0 Å².